The lowest BCUT2D eigenvalue weighted by Gasteiger charge is -1.92. The molecular formula is C7H13FO. The highest BCUT2D eigenvalue weighted by molar-refractivity contribution is 5.79. The second-order valence-electron chi connectivity index (χ2n) is 2.13. The van der Waals surface area contributed by atoms with E-state index in [1.54, 1.807) is 0 Å². The van der Waals surface area contributed by atoms with E-state index in [2.05, 4.69) is 6.92 Å². The van der Waals surface area contributed by atoms with Gasteiger partial charge in [-0.3, -0.25) is 4.79 Å². The van der Waals surface area contributed by atoms with Gasteiger partial charge in [-0.2, -0.15) is 0 Å². The van der Waals surface area contributed by atoms with E-state index in [-0.39, 0.29) is 5.78 Å². The minimum absolute atomic E-state index is 0.261. The van der Waals surface area contributed by atoms with Crippen molar-refractivity contribution in [3.05, 3.63) is 0 Å². The van der Waals surface area contributed by atoms with Crippen LogP contribution in [-0.2, 0) is 4.79 Å². The zero-order valence-corrected chi connectivity index (χ0v) is 5.82. The zero-order valence-electron chi connectivity index (χ0n) is 5.82. The first-order valence-corrected chi connectivity index (χ1v) is 3.39. The average molecular weight is 132 g/mol. The van der Waals surface area contributed by atoms with Gasteiger partial charge >= 0.3 is 0 Å². The molecule has 0 spiro atoms. The quantitative estimate of drug-likeness (QED) is 0.523. The lowest BCUT2D eigenvalue weighted by Crippen LogP contribution is -1.98. The van der Waals surface area contributed by atoms with E-state index in [0.717, 1.165) is 19.3 Å². The molecule has 0 bridgehead atoms. The molecule has 0 N–H and O–H groups in total. The topological polar surface area (TPSA) is 17.1 Å². The molecule has 2 heteroatoms. The van der Waals surface area contributed by atoms with E-state index < -0.39 is 6.67 Å². The highest BCUT2D eigenvalue weighted by Gasteiger charge is 1.97. The molecular weight excluding hydrogens is 119 g/mol. The lowest BCUT2D eigenvalue weighted by molar-refractivity contribution is -0.120. The van der Waals surface area contributed by atoms with Crippen LogP contribution in [0, 0.1) is 0 Å². The van der Waals surface area contributed by atoms with Gasteiger partial charge in [0.2, 0.25) is 0 Å². The van der Waals surface area contributed by atoms with Crippen LogP contribution in [0.5, 0.6) is 0 Å². The fraction of sp³-hybridized carbons (Fsp3) is 0.857. The van der Waals surface area contributed by atoms with Crippen LogP contribution in [-0.4, -0.2) is 12.5 Å². The summed E-state index contributed by atoms with van der Waals surface area (Å²) in [5.41, 5.74) is 0. The number of rotatable bonds is 5. The number of Topliss-reactive ketones (excluding diaryl/α,β-unsaturated/α-hetero) is 1. The second kappa shape index (κ2) is 5.73. The van der Waals surface area contributed by atoms with Crippen molar-refractivity contribution in [2.24, 2.45) is 0 Å². The maximum Gasteiger partial charge on any atom is 0.163 e. The number of carbonyl (C=O) groups excluding carboxylic acids is 1. The summed E-state index contributed by atoms with van der Waals surface area (Å²) in [5, 5.41) is 0. The predicted molar refractivity (Wildman–Crippen MR) is 35.1 cm³/mol. The molecule has 0 atom stereocenters. The van der Waals surface area contributed by atoms with Crippen LogP contribution in [0.2, 0.25) is 0 Å². The van der Waals surface area contributed by atoms with Gasteiger partial charge in [0.1, 0.15) is 6.67 Å². The van der Waals surface area contributed by atoms with Gasteiger partial charge in [-0.1, -0.05) is 19.8 Å². The Kier molecular flexibility index (Phi) is 5.48. The monoisotopic (exact) mass is 132 g/mol. The molecule has 9 heavy (non-hydrogen) atoms. The molecule has 0 saturated carbocycles. The SMILES string of the molecule is CCCCCC(=O)CF. The molecule has 0 aromatic heterocycles. The maximum absolute atomic E-state index is 11.5. The van der Waals surface area contributed by atoms with Crippen LogP contribution in [0.1, 0.15) is 32.6 Å². The van der Waals surface area contributed by atoms with Crippen molar-refractivity contribution < 1.29 is 9.18 Å². The molecule has 0 radical (unpaired) electrons. The van der Waals surface area contributed by atoms with Crippen molar-refractivity contribution >= 4 is 5.78 Å². The van der Waals surface area contributed by atoms with Crippen LogP contribution in [0.25, 0.3) is 0 Å². The molecule has 1 nitrogen and oxygen atoms in total. The molecule has 0 aliphatic heterocycles. The third kappa shape index (κ3) is 5.47. The lowest BCUT2D eigenvalue weighted by atomic mass is 10.1. The van der Waals surface area contributed by atoms with Gasteiger partial charge < -0.3 is 0 Å². The highest BCUT2D eigenvalue weighted by Crippen LogP contribution is 1.99. The molecule has 0 saturated heterocycles. The second-order valence-corrected chi connectivity index (χ2v) is 2.13. The summed E-state index contributed by atoms with van der Waals surface area (Å²) in [7, 11) is 0. The van der Waals surface area contributed by atoms with Gasteiger partial charge in [0.15, 0.2) is 5.78 Å². The number of ketones is 1. The number of halogens is 1. The summed E-state index contributed by atoms with van der Waals surface area (Å²) >= 11 is 0. The number of carbonyl (C=O) groups is 1. The summed E-state index contributed by atoms with van der Waals surface area (Å²) < 4.78 is 11.5. The minimum Gasteiger partial charge on any atom is -0.297 e. The molecule has 0 amide bonds. The van der Waals surface area contributed by atoms with E-state index in [1.165, 1.54) is 0 Å². The molecule has 0 aromatic carbocycles. The Balaban J connectivity index is 2.97. The number of unbranched alkanes of at least 4 members (excludes halogenated alkanes) is 2. The van der Waals surface area contributed by atoms with Crippen molar-refractivity contribution in [1.82, 2.24) is 0 Å². The summed E-state index contributed by atoms with van der Waals surface area (Å²) in [6, 6.07) is 0. The van der Waals surface area contributed by atoms with Crippen molar-refractivity contribution in [3.63, 3.8) is 0 Å². The third-order valence-corrected chi connectivity index (χ3v) is 1.21. The Hall–Kier alpha value is -0.400. The Bertz CT molecular complexity index is 81.0. The average Bonchev–Trinajstić information content (AvgIpc) is 1.89. The van der Waals surface area contributed by atoms with E-state index in [4.69, 9.17) is 0 Å². The standard InChI is InChI=1S/C7H13FO/c1-2-3-4-5-7(9)6-8/h2-6H2,1H3. The highest BCUT2D eigenvalue weighted by atomic mass is 19.1. The molecule has 0 aromatic rings. The minimum atomic E-state index is -0.788. The van der Waals surface area contributed by atoms with Crippen molar-refractivity contribution in [1.29, 1.82) is 0 Å². The van der Waals surface area contributed by atoms with Gasteiger partial charge in [0.25, 0.3) is 0 Å². The van der Waals surface area contributed by atoms with E-state index in [0.29, 0.717) is 6.42 Å². The summed E-state index contributed by atoms with van der Waals surface area (Å²) in [4.78, 5) is 10.3. The van der Waals surface area contributed by atoms with Crippen molar-refractivity contribution in [2.75, 3.05) is 6.67 Å². The van der Waals surface area contributed by atoms with Crippen LogP contribution in [0.15, 0.2) is 0 Å². The Morgan fingerprint density at radius 1 is 1.44 bits per heavy atom. The van der Waals surface area contributed by atoms with Gasteiger partial charge in [0.05, 0.1) is 0 Å². The first kappa shape index (κ1) is 8.60. The number of hydrogen-bond donors (Lipinski definition) is 0. The van der Waals surface area contributed by atoms with Gasteiger partial charge in [-0.15, -0.1) is 0 Å². The molecule has 0 rings (SSSR count). The van der Waals surface area contributed by atoms with Gasteiger partial charge in [-0.25, -0.2) is 4.39 Å². The van der Waals surface area contributed by atoms with Crippen molar-refractivity contribution in [3.8, 4) is 0 Å². The van der Waals surface area contributed by atoms with Crippen molar-refractivity contribution in [2.45, 2.75) is 32.6 Å². The smallest absolute Gasteiger partial charge is 0.163 e. The normalized spacial score (nSPS) is 9.56. The molecule has 0 heterocycles. The Morgan fingerprint density at radius 2 is 2.11 bits per heavy atom. The van der Waals surface area contributed by atoms with E-state index in [1.807, 2.05) is 0 Å². The zero-order chi connectivity index (χ0) is 7.11. The first-order chi connectivity index (χ1) is 4.31. The maximum atomic E-state index is 11.5. The number of alkyl halides is 1. The largest absolute Gasteiger partial charge is 0.297 e. The molecule has 0 aliphatic carbocycles. The summed E-state index contributed by atoms with van der Waals surface area (Å²) in [5.74, 6) is -0.261. The molecule has 0 fully saturated rings. The molecule has 0 aliphatic rings. The van der Waals surface area contributed by atoms with E-state index in [9.17, 15) is 9.18 Å². The predicted octanol–water partition coefficient (Wildman–Crippen LogP) is 2.11. The van der Waals surface area contributed by atoms with Crippen LogP contribution >= 0.6 is 0 Å². The molecule has 0 unspecified atom stereocenters. The van der Waals surface area contributed by atoms with Gasteiger partial charge in [0, 0.05) is 6.42 Å². The van der Waals surface area contributed by atoms with Crippen LogP contribution in [0.4, 0.5) is 4.39 Å². The van der Waals surface area contributed by atoms with Crippen LogP contribution < -0.4 is 0 Å². The van der Waals surface area contributed by atoms with Gasteiger partial charge in [-0.05, 0) is 6.42 Å². The fourth-order valence-corrected chi connectivity index (χ4v) is 0.639. The first-order valence-electron chi connectivity index (χ1n) is 3.39. The summed E-state index contributed by atoms with van der Waals surface area (Å²) in [6.45, 7) is 1.27. The Morgan fingerprint density at radius 3 is 2.56 bits per heavy atom. The fourth-order valence-electron chi connectivity index (χ4n) is 0.639. The third-order valence-electron chi connectivity index (χ3n) is 1.21. The van der Waals surface area contributed by atoms with E-state index >= 15 is 0 Å². The molecule has 54 valence electrons. The number of hydrogen-bond acceptors (Lipinski definition) is 1. The Labute approximate surface area is 55.3 Å². The summed E-state index contributed by atoms with van der Waals surface area (Å²) in [6.07, 6.45) is 3.38. The van der Waals surface area contributed by atoms with Crippen LogP contribution in [0.3, 0.4) is 0 Å².